The SMILES string of the molecule is CC(C)(C)c1cc(-c2cc(C3=CC4C=CC=CC4O3)c3ccsc3n2)[c-]c2ccccc12.CCC(C)(CC)C(=O)/C=C(\O)C(C)(CC)CC.[Ir]. The van der Waals surface area contributed by atoms with Crippen LogP contribution < -0.4 is 0 Å². The van der Waals surface area contributed by atoms with Gasteiger partial charge >= 0.3 is 0 Å². The van der Waals surface area contributed by atoms with Crippen molar-refractivity contribution >= 4 is 43.9 Å². The molecule has 0 saturated heterocycles. The Labute approximate surface area is 316 Å². The Morgan fingerprint density at radius 2 is 1.58 bits per heavy atom. The molecule has 0 amide bonds. The number of hydrogen-bond acceptors (Lipinski definition) is 5. The molecule has 1 aliphatic carbocycles. The topological polar surface area (TPSA) is 59.4 Å². The van der Waals surface area contributed by atoms with Crippen molar-refractivity contribution in [2.75, 3.05) is 0 Å². The Kier molecular flexibility index (Phi) is 12.6. The maximum absolute atomic E-state index is 12.2. The second-order valence-corrected chi connectivity index (χ2v) is 15.9. The summed E-state index contributed by atoms with van der Waals surface area (Å²) in [4.78, 5) is 18.2. The molecule has 2 unspecified atom stereocenters. The number of aliphatic hydroxyl groups is 1. The van der Waals surface area contributed by atoms with Crippen molar-refractivity contribution in [3.05, 3.63) is 107 Å². The van der Waals surface area contributed by atoms with Gasteiger partial charge in [0.15, 0.2) is 5.78 Å². The van der Waals surface area contributed by atoms with Crippen LogP contribution in [0.1, 0.15) is 99.1 Å². The molecule has 50 heavy (non-hydrogen) atoms. The number of nitrogens with zero attached hydrogens (tertiary/aromatic N) is 1. The van der Waals surface area contributed by atoms with Crippen LogP contribution in [0.3, 0.4) is 0 Å². The third-order valence-electron chi connectivity index (χ3n) is 10.9. The van der Waals surface area contributed by atoms with Gasteiger partial charge in [-0.15, -0.1) is 40.5 Å². The van der Waals surface area contributed by atoms with E-state index in [-0.39, 0.29) is 54.0 Å². The molecule has 4 aromatic rings. The van der Waals surface area contributed by atoms with Crippen molar-refractivity contribution in [2.45, 2.75) is 99.5 Å². The summed E-state index contributed by atoms with van der Waals surface area (Å²) in [7, 11) is 0. The number of pyridine rings is 1. The van der Waals surface area contributed by atoms with Crippen LogP contribution >= 0.6 is 11.3 Å². The predicted molar refractivity (Wildman–Crippen MR) is 208 cm³/mol. The molecule has 2 aliphatic rings. The molecule has 267 valence electrons. The summed E-state index contributed by atoms with van der Waals surface area (Å²) in [5.41, 5.74) is 3.81. The average molecular weight is 867 g/mol. The summed E-state index contributed by atoms with van der Waals surface area (Å²) < 4.78 is 6.36. The summed E-state index contributed by atoms with van der Waals surface area (Å²) in [6.45, 7) is 18.9. The fourth-order valence-corrected chi connectivity index (χ4v) is 7.14. The van der Waals surface area contributed by atoms with E-state index in [2.05, 4.69) is 105 Å². The van der Waals surface area contributed by atoms with Crippen LogP contribution in [0.4, 0.5) is 0 Å². The molecule has 2 aromatic heterocycles. The molecule has 2 atom stereocenters. The van der Waals surface area contributed by atoms with Gasteiger partial charge < -0.3 is 9.84 Å². The Bertz CT molecular complexity index is 1950. The number of fused-ring (bicyclic) bond motifs is 3. The molecule has 3 heterocycles. The summed E-state index contributed by atoms with van der Waals surface area (Å²) in [6, 6.07) is 18.8. The van der Waals surface area contributed by atoms with Crippen molar-refractivity contribution in [1.82, 2.24) is 4.98 Å². The van der Waals surface area contributed by atoms with Gasteiger partial charge in [0.25, 0.3) is 0 Å². The van der Waals surface area contributed by atoms with Crippen LogP contribution in [-0.2, 0) is 35.1 Å². The number of hydrogen-bond donors (Lipinski definition) is 1. The van der Waals surface area contributed by atoms with Crippen LogP contribution in [0.5, 0.6) is 0 Å². The fraction of sp³-hybridized carbons (Fsp3) is 0.409. The molecular weight excluding hydrogens is 815 g/mol. The van der Waals surface area contributed by atoms with Crippen LogP contribution in [0.2, 0.25) is 0 Å². The first-order valence-corrected chi connectivity index (χ1v) is 18.7. The van der Waals surface area contributed by atoms with E-state index in [0.717, 1.165) is 63.9 Å². The predicted octanol–water partition coefficient (Wildman–Crippen LogP) is 12.3. The standard InChI is InChI=1S/C29H24NOS.C15H28O2.Ir/c1-29(2,3)24-15-20(14-18-8-4-6-10-21(18)24)25-17-23(22-12-13-32-28(22)30-25)27-16-19-9-5-7-11-26(19)31-27;1-7-14(5,8-2)12(16)11-13(17)15(6,9-3)10-4;/h4-13,15-17,19,26H,1-3H3;11,16H,7-10H2,1-6H3;/q-1;;/b;12-11-;. The average Bonchev–Trinajstić information content (AvgIpc) is 3.77. The second-order valence-electron chi connectivity index (χ2n) is 15.0. The zero-order chi connectivity index (χ0) is 35.6. The van der Waals surface area contributed by atoms with E-state index in [1.54, 1.807) is 11.3 Å². The van der Waals surface area contributed by atoms with E-state index in [1.165, 1.54) is 17.0 Å². The molecule has 6 heteroatoms. The molecule has 1 N–H and O–H groups in total. The van der Waals surface area contributed by atoms with Gasteiger partial charge in [-0.2, -0.15) is 0 Å². The summed E-state index contributed by atoms with van der Waals surface area (Å²) in [6.07, 6.45) is 15.6. The van der Waals surface area contributed by atoms with Gasteiger partial charge in [-0.3, -0.25) is 9.78 Å². The number of carbonyl (C=O) groups excluding carboxylic acids is 1. The van der Waals surface area contributed by atoms with Gasteiger partial charge in [0, 0.05) is 59.6 Å². The summed E-state index contributed by atoms with van der Waals surface area (Å²) in [5.74, 6) is 1.52. The third kappa shape index (κ3) is 8.09. The number of aliphatic hydroxyl groups excluding tert-OH is 1. The van der Waals surface area contributed by atoms with Crippen molar-refractivity contribution in [3.8, 4) is 11.3 Å². The Balaban J connectivity index is 0.000000269. The van der Waals surface area contributed by atoms with E-state index in [4.69, 9.17) is 9.72 Å². The van der Waals surface area contributed by atoms with Gasteiger partial charge in [-0.1, -0.05) is 116 Å². The molecule has 4 nitrogen and oxygen atoms in total. The maximum Gasteiger partial charge on any atom is 0.164 e. The van der Waals surface area contributed by atoms with Gasteiger partial charge in [-0.05, 0) is 54.7 Å². The Morgan fingerprint density at radius 1 is 0.920 bits per heavy atom. The first-order chi connectivity index (χ1) is 23.3. The number of benzene rings is 2. The quantitative estimate of drug-likeness (QED) is 0.103. The minimum absolute atomic E-state index is 0. The first kappa shape index (κ1) is 39.5. The number of aromatic nitrogens is 1. The normalized spacial score (nSPS) is 17.5. The van der Waals surface area contributed by atoms with E-state index >= 15 is 0 Å². The Hall–Kier alpha value is -3.31. The molecule has 0 spiro atoms. The molecular formula is C44H52IrNO3S-. The van der Waals surface area contributed by atoms with E-state index in [1.807, 2.05) is 41.5 Å². The van der Waals surface area contributed by atoms with Crippen molar-refractivity contribution in [1.29, 1.82) is 0 Å². The summed E-state index contributed by atoms with van der Waals surface area (Å²) >= 11 is 1.67. The van der Waals surface area contributed by atoms with E-state index < -0.39 is 0 Å². The zero-order valence-corrected chi connectivity index (χ0v) is 34.2. The van der Waals surface area contributed by atoms with E-state index in [0.29, 0.717) is 5.92 Å². The molecule has 0 fully saturated rings. The molecule has 2 aromatic carbocycles. The third-order valence-corrected chi connectivity index (χ3v) is 11.7. The smallest absolute Gasteiger partial charge is 0.164 e. The van der Waals surface area contributed by atoms with Crippen molar-refractivity contribution in [2.24, 2.45) is 16.7 Å². The van der Waals surface area contributed by atoms with Gasteiger partial charge in [-0.25, -0.2) is 0 Å². The second kappa shape index (κ2) is 15.9. The largest absolute Gasteiger partial charge is 0.512 e. The van der Waals surface area contributed by atoms with Crippen LogP contribution in [0.15, 0.2) is 90.1 Å². The molecule has 1 aliphatic heterocycles. The number of carbonyl (C=O) groups is 1. The zero-order valence-electron chi connectivity index (χ0n) is 31.0. The fourth-order valence-electron chi connectivity index (χ4n) is 6.35. The van der Waals surface area contributed by atoms with Crippen LogP contribution in [-0.4, -0.2) is 22.0 Å². The van der Waals surface area contributed by atoms with Gasteiger partial charge in [0.05, 0.1) is 0 Å². The van der Waals surface area contributed by atoms with Gasteiger partial charge in [0.1, 0.15) is 22.5 Å². The number of thiophene rings is 1. The monoisotopic (exact) mass is 867 g/mol. The van der Waals surface area contributed by atoms with Crippen molar-refractivity contribution < 1.29 is 34.7 Å². The number of ketones is 1. The minimum atomic E-state index is -0.337. The van der Waals surface area contributed by atoms with Crippen molar-refractivity contribution in [3.63, 3.8) is 0 Å². The molecule has 0 bridgehead atoms. The summed E-state index contributed by atoms with van der Waals surface area (Å²) in [5, 5.41) is 15.8. The van der Waals surface area contributed by atoms with E-state index in [9.17, 15) is 9.90 Å². The van der Waals surface area contributed by atoms with Gasteiger partial charge in [0.2, 0.25) is 0 Å². The number of allylic oxidation sites excluding steroid dienone is 4. The molecule has 1 radical (unpaired) electrons. The number of ether oxygens (including phenoxy) is 1. The molecule has 6 rings (SSSR count). The minimum Gasteiger partial charge on any atom is -0.512 e. The number of rotatable bonds is 9. The molecule has 0 saturated carbocycles. The Morgan fingerprint density at radius 3 is 2.22 bits per heavy atom. The van der Waals surface area contributed by atoms with Crippen LogP contribution in [0, 0.1) is 22.8 Å². The maximum atomic E-state index is 12.2. The van der Waals surface area contributed by atoms with Crippen LogP contribution in [0.25, 0.3) is 38.0 Å². The first-order valence-electron chi connectivity index (χ1n) is 17.8.